The van der Waals surface area contributed by atoms with Crippen molar-refractivity contribution in [2.45, 2.75) is 50.2 Å². The van der Waals surface area contributed by atoms with Gasteiger partial charge in [0.15, 0.2) is 0 Å². The molecule has 1 aliphatic heterocycles. The molecule has 1 saturated heterocycles. The fraction of sp³-hybridized carbons (Fsp3) is 0.222. The molecule has 0 aliphatic carbocycles. The Hall–Kier alpha value is -5.52. The van der Waals surface area contributed by atoms with E-state index < -0.39 is 24.3 Å². The number of nitrogens with zero attached hydrogens (tertiary/aromatic N) is 6. The molecule has 1 fully saturated rings. The summed E-state index contributed by atoms with van der Waals surface area (Å²) in [6.07, 6.45) is 3.00. The van der Waals surface area contributed by atoms with Crippen LogP contribution in [0.25, 0.3) is 16.6 Å². The molecule has 0 spiro atoms. The number of nitrogen functional groups attached to an aromatic ring is 1. The smallest absolute Gasteiger partial charge is 0.321 e. The van der Waals surface area contributed by atoms with Crippen LogP contribution in [0, 0.1) is 0 Å². The molecule has 47 heavy (non-hydrogen) atoms. The molecule has 6 aromatic rings. The highest BCUT2D eigenvalue weighted by atomic mass is 16.3. The number of nitrogens with two attached hydrogens (primary N) is 1. The van der Waals surface area contributed by atoms with Gasteiger partial charge >= 0.3 is 6.03 Å². The van der Waals surface area contributed by atoms with Crippen molar-refractivity contribution in [1.82, 2.24) is 34.8 Å². The molecule has 0 bridgehead atoms. The third-order valence-electron chi connectivity index (χ3n) is 8.98. The van der Waals surface area contributed by atoms with Crippen molar-refractivity contribution < 1.29 is 15.0 Å². The van der Waals surface area contributed by atoms with Crippen molar-refractivity contribution in [1.29, 1.82) is 0 Å². The molecule has 0 unspecified atom stereocenters. The van der Waals surface area contributed by atoms with Gasteiger partial charge in [0.05, 0.1) is 35.2 Å². The van der Waals surface area contributed by atoms with Crippen molar-refractivity contribution in [2.75, 3.05) is 5.73 Å². The van der Waals surface area contributed by atoms with Gasteiger partial charge in [0.2, 0.25) is 0 Å². The second-order valence-corrected chi connectivity index (χ2v) is 12.1. The second kappa shape index (κ2) is 13.1. The summed E-state index contributed by atoms with van der Waals surface area (Å²) in [4.78, 5) is 22.5. The van der Waals surface area contributed by atoms with Crippen LogP contribution in [0.3, 0.4) is 0 Å². The molecule has 11 nitrogen and oxygen atoms in total. The number of H-pyrrole nitrogens is 1. The fourth-order valence-corrected chi connectivity index (χ4v) is 6.52. The number of aliphatic hydroxyl groups is 2. The number of fused-ring (bicyclic) bond motifs is 1. The normalized spacial score (nSPS) is 20.1. The van der Waals surface area contributed by atoms with Crippen LogP contribution >= 0.6 is 0 Å². The van der Waals surface area contributed by atoms with Gasteiger partial charge < -0.3 is 25.7 Å². The van der Waals surface area contributed by atoms with Crippen LogP contribution in [0.1, 0.15) is 22.3 Å². The van der Waals surface area contributed by atoms with Crippen molar-refractivity contribution in [2.24, 2.45) is 0 Å². The zero-order valence-electron chi connectivity index (χ0n) is 25.7. The average Bonchev–Trinajstić information content (AvgIpc) is 3.80. The van der Waals surface area contributed by atoms with Crippen LogP contribution in [0.2, 0.25) is 0 Å². The van der Waals surface area contributed by atoms with E-state index in [0.717, 1.165) is 33.2 Å². The summed E-state index contributed by atoms with van der Waals surface area (Å²) in [5.41, 5.74) is 11.9. The number of aliphatic hydroxyl groups excluding tert-OH is 2. The Balaban J connectivity index is 1.32. The van der Waals surface area contributed by atoms with Gasteiger partial charge in [-0.25, -0.2) is 14.5 Å². The van der Waals surface area contributed by atoms with Gasteiger partial charge in [0.25, 0.3) is 0 Å². The summed E-state index contributed by atoms with van der Waals surface area (Å²) in [6, 6.07) is 29.2. The van der Waals surface area contributed by atoms with E-state index >= 15 is 0 Å². The number of urea groups is 1. The van der Waals surface area contributed by atoms with Gasteiger partial charge in [-0.15, -0.1) is 0 Å². The fourth-order valence-electron chi connectivity index (χ4n) is 6.52. The maximum atomic E-state index is 15.0. The number of anilines is 1. The maximum Gasteiger partial charge on any atom is 0.321 e. The summed E-state index contributed by atoms with van der Waals surface area (Å²) < 4.78 is 1.58. The van der Waals surface area contributed by atoms with Crippen molar-refractivity contribution in [3.63, 3.8) is 0 Å². The van der Waals surface area contributed by atoms with Gasteiger partial charge in [-0.3, -0.25) is 5.10 Å². The van der Waals surface area contributed by atoms with Gasteiger partial charge in [0, 0.05) is 18.5 Å². The van der Waals surface area contributed by atoms with Crippen LogP contribution < -0.4 is 5.73 Å². The molecular formula is C36H36N8O3. The number of hydrogen-bond donors (Lipinski definition) is 4. The molecule has 5 N–H and O–H groups in total. The molecule has 7 rings (SSSR count). The third-order valence-corrected chi connectivity index (χ3v) is 8.98. The Morgan fingerprint density at radius 3 is 1.94 bits per heavy atom. The summed E-state index contributed by atoms with van der Waals surface area (Å²) in [7, 11) is 0. The minimum atomic E-state index is -1.24. The van der Waals surface area contributed by atoms with E-state index in [1.54, 1.807) is 33.1 Å². The summed E-state index contributed by atoms with van der Waals surface area (Å²) in [6.45, 7) is 0.388. The molecule has 4 aromatic carbocycles. The predicted octanol–water partition coefficient (Wildman–Crippen LogP) is 4.11. The molecule has 1 aliphatic rings. The number of carbonyl (C=O) groups is 1. The maximum absolute atomic E-state index is 15.0. The average molecular weight is 629 g/mol. The van der Waals surface area contributed by atoms with E-state index in [0.29, 0.717) is 24.2 Å². The lowest BCUT2D eigenvalue weighted by atomic mass is 9.91. The quantitative estimate of drug-likeness (QED) is 0.176. The van der Waals surface area contributed by atoms with Crippen LogP contribution in [0.5, 0.6) is 0 Å². The largest absolute Gasteiger partial charge is 0.397 e. The predicted molar refractivity (Wildman–Crippen MR) is 178 cm³/mol. The first-order chi connectivity index (χ1) is 22.9. The molecule has 238 valence electrons. The standard InChI is InChI=1S/C36H36N8O3/c37-29-13-11-27(18-31(29)44-23-38-22-40-44)21-43-33(17-25-9-5-2-6-10-25)35(46)34(45)32(16-24-7-3-1-4-8-24)42(36(43)47)20-26-12-14-30-28(15-26)19-39-41-30/h1-15,18-19,22-23,32-35,45-46H,16-17,20-21,37H2,(H,39,41)/t32-,33-,34+,35+/m1/s1. The third kappa shape index (κ3) is 6.31. The highest BCUT2D eigenvalue weighted by molar-refractivity contribution is 5.79. The molecule has 3 heterocycles. The second-order valence-electron chi connectivity index (χ2n) is 12.1. The zero-order chi connectivity index (χ0) is 32.3. The van der Waals surface area contributed by atoms with Crippen molar-refractivity contribution >= 4 is 22.6 Å². The number of amides is 2. The first kappa shape index (κ1) is 30.2. The highest BCUT2D eigenvalue weighted by Gasteiger charge is 2.46. The van der Waals surface area contributed by atoms with E-state index in [1.165, 1.54) is 6.33 Å². The monoisotopic (exact) mass is 628 g/mol. The van der Waals surface area contributed by atoms with Gasteiger partial charge in [-0.1, -0.05) is 72.8 Å². The van der Waals surface area contributed by atoms with Crippen molar-refractivity contribution in [3.05, 3.63) is 138 Å². The van der Waals surface area contributed by atoms with Crippen LogP contribution in [-0.2, 0) is 25.9 Å². The van der Waals surface area contributed by atoms with Crippen LogP contribution in [-0.4, -0.2) is 75.3 Å². The number of carbonyl (C=O) groups excluding carboxylic acids is 1. The lowest BCUT2D eigenvalue weighted by Gasteiger charge is -2.36. The first-order valence-electron chi connectivity index (χ1n) is 15.6. The zero-order valence-corrected chi connectivity index (χ0v) is 25.7. The first-order valence-corrected chi connectivity index (χ1v) is 15.6. The highest BCUT2D eigenvalue weighted by Crippen LogP contribution is 2.31. The number of nitrogens with one attached hydrogen (secondary N) is 1. The lowest BCUT2D eigenvalue weighted by molar-refractivity contribution is -0.0408. The molecule has 4 atom stereocenters. The number of rotatable bonds is 9. The van der Waals surface area contributed by atoms with Gasteiger partial charge in [0.1, 0.15) is 24.9 Å². The summed E-state index contributed by atoms with van der Waals surface area (Å²) >= 11 is 0. The Morgan fingerprint density at radius 2 is 1.34 bits per heavy atom. The molecule has 0 radical (unpaired) electrons. The Bertz CT molecular complexity index is 1950. The topological polar surface area (TPSA) is 149 Å². The minimum Gasteiger partial charge on any atom is -0.397 e. The van der Waals surface area contributed by atoms with Gasteiger partial charge in [-0.05, 0) is 59.4 Å². The van der Waals surface area contributed by atoms with Gasteiger partial charge in [-0.2, -0.15) is 10.2 Å². The van der Waals surface area contributed by atoms with E-state index in [2.05, 4.69) is 20.3 Å². The molecule has 0 saturated carbocycles. The Labute approximate surface area is 271 Å². The molecule has 2 aromatic heterocycles. The SMILES string of the molecule is Nc1ccc(CN2C(=O)N(Cc3ccc4[nH]ncc4c3)[C@H](Cc3ccccc3)[C@H](O)[C@@H](O)[C@H]2Cc2ccccc2)cc1-n1cncn1. The Kier molecular flexibility index (Phi) is 8.38. The van der Waals surface area contributed by atoms with Crippen LogP contribution in [0.15, 0.2) is 116 Å². The number of aromatic nitrogens is 5. The lowest BCUT2D eigenvalue weighted by Crippen LogP contribution is -2.50. The number of benzene rings is 4. The molecule has 11 heteroatoms. The number of aromatic amines is 1. The van der Waals surface area contributed by atoms with E-state index in [4.69, 9.17) is 5.73 Å². The van der Waals surface area contributed by atoms with E-state index in [-0.39, 0.29) is 19.1 Å². The van der Waals surface area contributed by atoms with E-state index in [9.17, 15) is 15.0 Å². The van der Waals surface area contributed by atoms with E-state index in [1.807, 2.05) is 91.0 Å². The Morgan fingerprint density at radius 1 is 0.745 bits per heavy atom. The summed E-state index contributed by atoms with van der Waals surface area (Å²) in [5, 5.41) is 36.3. The number of hydrogen-bond acceptors (Lipinski definition) is 7. The van der Waals surface area contributed by atoms with Crippen LogP contribution in [0.4, 0.5) is 10.5 Å². The summed E-state index contributed by atoms with van der Waals surface area (Å²) in [5.74, 6) is 0. The molecular weight excluding hydrogens is 592 g/mol. The minimum absolute atomic E-state index is 0.164. The van der Waals surface area contributed by atoms with Crippen molar-refractivity contribution in [3.8, 4) is 5.69 Å². The molecule has 2 amide bonds.